The minimum Gasteiger partial charge on any atom is -0.398 e. The third-order valence-corrected chi connectivity index (χ3v) is 4.64. The summed E-state index contributed by atoms with van der Waals surface area (Å²) in [6.07, 6.45) is 7.78. The van der Waals surface area contributed by atoms with Gasteiger partial charge in [-0.3, -0.25) is 0 Å². The number of nitrogens with two attached hydrogens (primary N) is 1. The average molecular weight is 285 g/mol. The van der Waals surface area contributed by atoms with E-state index in [4.69, 9.17) is 5.73 Å². The van der Waals surface area contributed by atoms with Crippen molar-refractivity contribution in [3.63, 3.8) is 0 Å². The molecule has 104 valence electrons. The molecule has 1 aliphatic rings. The highest BCUT2D eigenvalue weighted by atomic mass is 32.1. The van der Waals surface area contributed by atoms with Gasteiger partial charge in [-0.05, 0) is 49.5 Å². The zero-order valence-corrected chi connectivity index (χ0v) is 12.5. The van der Waals surface area contributed by atoms with Gasteiger partial charge >= 0.3 is 0 Å². The Balaban J connectivity index is 1.80. The highest BCUT2D eigenvalue weighted by Gasteiger charge is 2.12. The van der Waals surface area contributed by atoms with E-state index in [9.17, 15) is 0 Å². The molecule has 20 heavy (non-hydrogen) atoms. The minimum absolute atomic E-state index is 0.837. The van der Waals surface area contributed by atoms with Crippen molar-refractivity contribution in [3.8, 4) is 0 Å². The first-order valence-electron chi connectivity index (χ1n) is 7.00. The van der Waals surface area contributed by atoms with Crippen LogP contribution in [-0.4, -0.2) is 11.5 Å². The summed E-state index contributed by atoms with van der Waals surface area (Å²) in [5, 5.41) is 4.46. The van der Waals surface area contributed by atoms with Gasteiger partial charge in [0.15, 0.2) is 0 Å². The fraction of sp³-hybridized carbons (Fsp3) is 0.312. The topological polar surface area (TPSA) is 50.9 Å². The molecule has 0 radical (unpaired) electrons. The molecule has 0 saturated carbocycles. The molecule has 0 unspecified atom stereocenters. The third kappa shape index (κ3) is 2.85. The second-order valence-corrected chi connectivity index (χ2v) is 6.27. The van der Waals surface area contributed by atoms with E-state index in [1.807, 2.05) is 19.1 Å². The Morgan fingerprint density at radius 1 is 1.30 bits per heavy atom. The zero-order chi connectivity index (χ0) is 13.9. The fourth-order valence-corrected chi connectivity index (χ4v) is 3.28. The highest BCUT2D eigenvalue weighted by molar-refractivity contribution is 7.13. The maximum atomic E-state index is 5.93. The first-order valence-corrected chi connectivity index (χ1v) is 7.82. The lowest BCUT2D eigenvalue weighted by Crippen LogP contribution is -1.99. The molecule has 2 aromatic rings. The molecule has 0 fully saturated rings. The standard InChI is InChI=1S/C16H19N3S/c1-11-5-6-12(10-13(11)17)7-8-15-19-16-14(20-15)4-2-3-9-18-16/h5-8,10,18H,2-4,9,17H2,1H3. The molecule has 0 aliphatic carbocycles. The molecule has 3 rings (SSSR count). The largest absolute Gasteiger partial charge is 0.398 e. The summed E-state index contributed by atoms with van der Waals surface area (Å²) in [7, 11) is 0. The van der Waals surface area contributed by atoms with E-state index in [1.165, 1.54) is 17.7 Å². The number of hydrogen-bond donors (Lipinski definition) is 2. The van der Waals surface area contributed by atoms with E-state index in [2.05, 4.69) is 28.5 Å². The molecular weight excluding hydrogens is 266 g/mol. The maximum Gasteiger partial charge on any atom is 0.140 e. The summed E-state index contributed by atoms with van der Waals surface area (Å²) in [6, 6.07) is 6.13. The molecule has 0 spiro atoms. The van der Waals surface area contributed by atoms with Crippen LogP contribution in [0.1, 0.15) is 33.9 Å². The van der Waals surface area contributed by atoms with Crippen LogP contribution in [0.4, 0.5) is 11.5 Å². The Kier molecular flexibility index (Phi) is 3.74. The number of hydrogen-bond acceptors (Lipinski definition) is 4. The lowest BCUT2D eigenvalue weighted by atomic mass is 10.1. The molecule has 1 aromatic heterocycles. The van der Waals surface area contributed by atoms with Crippen LogP contribution in [0.15, 0.2) is 18.2 Å². The van der Waals surface area contributed by atoms with Crippen LogP contribution in [0.5, 0.6) is 0 Å². The number of nitrogen functional groups attached to an aromatic ring is 1. The molecule has 0 atom stereocenters. The van der Waals surface area contributed by atoms with Crippen molar-refractivity contribution in [2.24, 2.45) is 0 Å². The van der Waals surface area contributed by atoms with Crippen molar-refractivity contribution in [2.75, 3.05) is 17.6 Å². The van der Waals surface area contributed by atoms with Crippen molar-refractivity contribution in [3.05, 3.63) is 39.2 Å². The summed E-state index contributed by atoms with van der Waals surface area (Å²) >= 11 is 1.78. The smallest absolute Gasteiger partial charge is 0.140 e. The number of aromatic nitrogens is 1. The number of rotatable bonds is 2. The van der Waals surface area contributed by atoms with Gasteiger partial charge in [0.05, 0.1) is 0 Å². The summed E-state index contributed by atoms with van der Waals surface area (Å²) in [5.41, 5.74) is 9.00. The number of aryl methyl sites for hydroxylation is 2. The lowest BCUT2D eigenvalue weighted by Gasteiger charge is -2.00. The normalized spacial score (nSPS) is 14.8. The number of thiazole rings is 1. The SMILES string of the molecule is Cc1ccc(C=Cc2nc3c(s2)CCCCN3)cc1N. The first-order chi connectivity index (χ1) is 9.72. The van der Waals surface area contributed by atoms with E-state index in [1.54, 1.807) is 11.3 Å². The zero-order valence-electron chi connectivity index (χ0n) is 11.6. The number of nitrogens with one attached hydrogen (secondary N) is 1. The lowest BCUT2D eigenvalue weighted by molar-refractivity contribution is 0.790. The average Bonchev–Trinajstić information content (AvgIpc) is 2.70. The number of nitrogens with zero attached hydrogens (tertiary/aromatic N) is 1. The molecule has 2 heterocycles. The third-order valence-electron chi connectivity index (χ3n) is 3.56. The van der Waals surface area contributed by atoms with Gasteiger partial charge in [0.1, 0.15) is 10.8 Å². The van der Waals surface area contributed by atoms with Crippen molar-refractivity contribution in [1.29, 1.82) is 0 Å². The Bertz CT molecular complexity index is 620. The second kappa shape index (κ2) is 5.67. The number of anilines is 2. The van der Waals surface area contributed by atoms with Gasteiger partial charge in [0, 0.05) is 17.1 Å². The predicted molar refractivity (Wildman–Crippen MR) is 88.1 cm³/mol. The van der Waals surface area contributed by atoms with Crippen molar-refractivity contribution in [1.82, 2.24) is 4.98 Å². The molecular formula is C16H19N3S. The molecule has 0 amide bonds. The van der Waals surface area contributed by atoms with Crippen LogP contribution < -0.4 is 11.1 Å². The number of fused-ring (bicyclic) bond motifs is 1. The van der Waals surface area contributed by atoms with Gasteiger partial charge in [-0.1, -0.05) is 18.2 Å². The van der Waals surface area contributed by atoms with E-state index < -0.39 is 0 Å². The summed E-state index contributed by atoms with van der Waals surface area (Å²) < 4.78 is 0. The van der Waals surface area contributed by atoms with Gasteiger partial charge in [0.25, 0.3) is 0 Å². The van der Waals surface area contributed by atoms with Gasteiger partial charge in [-0.2, -0.15) is 0 Å². The minimum atomic E-state index is 0.837. The number of benzene rings is 1. The summed E-state index contributed by atoms with van der Waals surface area (Å²) in [4.78, 5) is 6.04. The van der Waals surface area contributed by atoms with Gasteiger partial charge in [-0.15, -0.1) is 11.3 Å². The van der Waals surface area contributed by atoms with E-state index in [-0.39, 0.29) is 0 Å². The molecule has 3 nitrogen and oxygen atoms in total. The Morgan fingerprint density at radius 3 is 3.05 bits per heavy atom. The summed E-state index contributed by atoms with van der Waals surface area (Å²) in [5.74, 6) is 1.08. The monoisotopic (exact) mass is 285 g/mol. The van der Waals surface area contributed by atoms with E-state index >= 15 is 0 Å². The maximum absolute atomic E-state index is 5.93. The molecule has 1 aromatic carbocycles. The van der Waals surface area contributed by atoms with Gasteiger partial charge < -0.3 is 11.1 Å². The highest BCUT2D eigenvalue weighted by Crippen LogP contribution is 2.28. The molecule has 4 heteroatoms. The van der Waals surface area contributed by atoms with Crippen LogP contribution >= 0.6 is 11.3 Å². The van der Waals surface area contributed by atoms with Crippen LogP contribution in [0.2, 0.25) is 0 Å². The summed E-state index contributed by atoms with van der Waals surface area (Å²) in [6.45, 7) is 3.06. The quantitative estimate of drug-likeness (QED) is 0.821. The second-order valence-electron chi connectivity index (χ2n) is 5.16. The van der Waals surface area contributed by atoms with Gasteiger partial charge in [-0.25, -0.2) is 4.98 Å². The first kappa shape index (κ1) is 13.2. The molecule has 3 N–H and O–H groups in total. The van der Waals surface area contributed by atoms with Crippen LogP contribution in [-0.2, 0) is 6.42 Å². The predicted octanol–water partition coefficient (Wildman–Crippen LogP) is 3.95. The molecule has 0 bridgehead atoms. The fourth-order valence-electron chi connectivity index (χ4n) is 2.30. The van der Waals surface area contributed by atoms with Gasteiger partial charge in [0.2, 0.25) is 0 Å². The Labute approximate surface area is 123 Å². The Morgan fingerprint density at radius 2 is 2.20 bits per heavy atom. The molecule has 1 aliphatic heterocycles. The van der Waals surface area contributed by atoms with Crippen LogP contribution in [0.25, 0.3) is 12.2 Å². The van der Waals surface area contributed by atoms with E-state index in [0.29, 0.717) is 0 Å². The van der Waals surface area contributed by atoms with Crippen molar-refractivity contribution < 1.29 is 0 Å². The van der Waals surface area contributed by atoms with Crippen molar-refractivity contribution >= 4 is 35.0 Å². The van der Waals surface area contributed by atoms with Crippen molar-refractivity contribution in [2.45, 2.75) is 26.2 Å². The molecule has 0 saturated heterocycles. The Hall–Kier alpha value is -1.81. The van der Waals surface area contributed by atoms with Crippen LogP contribution in [0, 0.1) is 6.92 Å². The van der Waals surface area contributed by atoms with Crippen LogP contribution in [0.3, 0.4) is 0 Å². The van der Waals surface area contributed by atoms with E-state index in [0.717, 1.165) is 40.6 Å².